The highest BCUT2D eigenvalue weighted by atomic mass is 79.9. The van der Waals surface area contributed by atoms with Crippen LogP contribution in [0.4, 0.5) is 0 Å². The van der Waals surface area contributed by atoms with Crippen molar-refractivity contribution < 1.29 is 0 Å². The van der Waals surface area contributed by atoms with Crippen LogP contribution in [0.25, 0.3) is 5.65 Å². The van der Waals surface area contributed by atoms with E-state index >= 15 is 0 Å². The van der Waals surface area contributed by atoms with E-state index < -0.39 is 0 Å². The van der Waals surface area contributed by atoms with Crippen LogP contribution in [0.2, 0.25) is 0 Å². The largest absolute Gasteiger partial charge is 0.320 e. The van der Waals surface area contributed by atoms with Gasteiger partial charge in [0.15, 0.2) is 0 Å². The van der Waals surface area contributed by atoms with Crippen molar-refractivity contribution >= 4 is 21.6 Å². The fourth-order valence-electron chi connectivity index (χ4n) is 1.60. The molecule has 1 saturated carbocycles. The van der Waals surface area contributed by atoms with Crippen LogP contribution in [-0.4, -0.2) is 9.38 Å². The van der Waals surface area contributed by atoms with E-state index in [0.717, 1.165) is 28.7 Å². The quantitative estimate of drug-likeness (QED) is 0.844. The molecule has 0 aliphatic heterocycles. The Morgan fingerprint density at radius 1 is 1.36 bits per heavy atom. The molecule has 0 atom stereocenters. The van der Waals surface area contributed by atoms with Crippen LogP contribution in [0.3, 0.4) is 0 Å². The van der Waals surface area contributed by atoms with Gasteiger partial charge in [0.1, 0.15) is 5.65 Å². The minimum Gasteiger partial charge on any atom is -0.320 e. The van der Waals surface area contributed by atoms with Gasteiger partial charge in [-0.25, -0.2) is 4.98 Å². The van der Waals surface area contributed by atoms with Crippen molar-refractivity contribution in [1.29, 1.82) is 0 Å². The molecular formula is C10H10BrN3. The van der Waals surface area contributed by atoms with E-state index in [9.17, 15) is 0 Å². The summed E-state index contributed by atoms with van der Waals surface area (Å²) in [4.78, 5) is 4.50. The van der Waals surface area contributed by atoms with Gasteiger partial charge in [0.05, 0.1) is 11.2 Å². The summed E-state index contributed by atoms with van der Waals surface area (Å²) in [6.07, 6.45) is 6.13. The molecule has 0 radical (unpaired) electrons. The normalized spacial score (nSPS) is 18.7. The van der Waals surface area contributed by atoms with Crippen molar-refractivity contribution in [2.24, 2.45) is 5.73 Å². The SMILES string of the molecule is NC1(c2cn3cc(Br)ccc3n2)CC1. The lowest BCUT2D eigenvalue weighted by Crippen LogP contribution is -2.18. The van der Waals surface area contributed by atoms with Crippen LogP contribution >= 0.6 is 15.9 Å². The molecule has 0 saturated heterocycles. The summed E-state index contributed by atoms with van der Waals surface area (Å²) < 4.78 is 3.06. The van der Waals surface area contributed by atoms with E-state index in [-0.39, 0.29) is 5.54 Å². The summed E-state index contributed by atoms with van der Waals surface area (Å²) in [5.41, 5.74) is 7.91. The standard InChI is InChI=1S/C10H10BrN3/c11-7-1-2-9-13-8(6-14(9)5-7)10(12)3-4-10/h1-2,5-6H,3-4,12H2. The van der Waals surface area contributed by atoms with Crippen LogP contribution in [0.1, 0.15) is 18.5 Å². The average Bonchev–Trinajstić information content (AvgIpc) is 2.77. The third kappa shape index (κ3) is 1.18. The lowest BCUT2D eigenvalue weighted by molar-refractivity contribution is 0.715. The Balaban J connectivity index is 2.20. The summed E-state index contributed by atoms with van der Waals surface area (Å²) >= 11 is 3.43. The number of aromatic nitrogens is 2. The molecule has 2 N–H and O–H groups in total. The van der Waals surface area contributed by atoms with Crippen LogP contribution in [0.5, 0.6) is 0 Å². The number of halogens is 1. The summed E-state index contributed by atoms with van der Waals surface area (Å²) in [6, 6.07) is 3.97. The zero-order valence-electron chi connectivity index (χ0n) is 7.57. The predicted octanol–water partition coefficient (Wildman–Crippen LogP) is 2.04. The zero-order chi connectivity index (χ0) is 9.76. The molecular weight excluding hydrogens is 242 g/mol. The summed E-state index contributed by atoms with van der Waals surface area (Å²) in [5.74, 6) is 0. The maximum absolute atomic E-state index is 6.08. The molecule has 2 aromatic heterocycles. The second-order valence-corrected chi connectivity index (χ2v) is 4.81. The van der Waals surface area contributed by atoms with Gasteiger partial charge in [-0.15, -0.1) is 0 Å². The Bertz CT molecular complexity index is 499. The minimum atomic E-state index is -0.140. The average molecular weight is 252 g/mol. The van der Waals surface area contributed by atoms with Gasteiger partial charge >= 0.3 is 0 Å². The Labute approximate surface area is 90.1 Å². The molecule has 3 nitrogen and oxygen atoms in total. The number of fused-ring (bicyclic) bond motifs is 1. The maximum Gasteiger partial charge on any atom is 0.137 e. The first-order chi connectivity index (χ1) is 6.67. The lowest BCUT2D eigenvalue weighted by atomic mass is 10.2. The van der Waals surface area contributed by atoms with Crippen molar-refractivity contribution in [3.63, 3.8) is 0 Å². The summed E-state index contributed by atoms with van der Waals surface area (Å²) in [6.45, 7) is 0. The van der Waals surface area contributed by atoms with Gasteiger partial charge in [-0.05, 0) is 40.9 Å². The Morgan fingerprint density at radius 3 is 2.86 bits per heavy atom. The van der Waals surface area contributed by atoms with E-state index in [1.54, 1.807) is 0 Å². The van der Waals surface area contributed by atoms with E-state index in [4.69, 9.17) is 5.73 Å². The van der Waals surface area contributed by atoms with Crippen LogP contribution in [0, 0.1) is 0 Å². The van der Waals surface area contributed by atoms with Crippen molar-refractivity contribution in [2.45, 2.75) is 18.4 Å². The number of imidazole rings is 1. The Hall–Kier alpha value is -0.870. The zero-order valence-corrected chi connectivity index (χ0v) is 9.16. The minimum absolute atomic E-state index is 0.140. The first-order valence-corrected chi connectivity index (χ1v) is 5.40. The molecule has 1 fully saturated rings. The highest BCUT2D eigenvalue weighted by molar-refractivity contribution is 9.10. The predicted molar refractivity (Wildman–Crippen MR) is 58.0 cm³/mol. The van der Waals surface area contributed by atoms with Gasteiger partial charge in [0, 0.05) is 16.9 Å². The van der Waals surface area contributed by atoms with Gasteiger partial charge in [-0.1, -0.05) is 0 Å². The third-order valence-electron chi connectivity index (χ3n) is 2.71. The number of rotatable bonds is 1. The van der Waals surface area contributed by atoms with Crippen LogP contribution in [0.15, 0.2) is 29.0 Å². The first kappa shape index (κ1) is 8.44. The molecule has 3 rings (SSSR count). The Kier molecular flexibility index (Phi) is 1.56. The molecule has 0 unspecified atom stereocenters. The molecule has 1 aliphatic carbocycles. The topological polar surface area (TPSA) is 43.3 Å². The monoisotopic (exact) mass is 251 g/mol. The Morgan fingerprint density at radius 2 is 2.14 bits per heavy atom. The maximum atomic E-state index is 6.08. The summed E-state index contributed by atoms with van der Waals surface area (Å²) in [5, 5.41) is 0. The fraction of sp³-hybridized carbons (Fsp3) is 0.300. The van der Waals surface area contributed by atoms with E-state index in [0.29, 0.717) is 0 Å². The summed E-state index contributed by atoms with van der Waals surface area (Å²) in [7, 11) is 0. The number of pyridine rings is 1. The van der Waals surface area contributed by atoms with E-state index in [1.165, 1.54) is 0 Å². The molecule has 4 heteroatoms. The van der Waals surface area contributed by atoms with E-state index in [2.05, 4.69) is 20.9 Å². The van der Waals surface area contributed by atoms with Crippen molar-refractivity contribution in [3.05, 3.63) is 34.7 Å². The third-order valence-corrected chi connectivity index (χ3v) is 3.18. The van der Waals surface area contributed by atoms with Crippen molar-refractivity contribution in [1.82, 2.24) is 9.38 Å². The molecule has 0 spiro atoms. The second-order valence-electron chi connectivity index (χ2n) is 3.90. The fourth-order valence-corrected chi connectivity index (χ4v) is 1.95. The van der Waals surface area contributed by atoms with Gasteiger partial charge in [0.2, 0.25) is 0 Å². The number of hydrogen-bond donors (Lipinski definition) is 1. The number of nitrogens with zero attached hydrogens (tertiary/aromatic N) is 2. The van der Waals surface area contributed by atoms with Gasteiger partial charge in [-0.2, -0.15) is 0 Å². The molecule has 0 amide bonds. The second kappa shape index (κ2) is 2.58. The lowest BCUT2D eigenvalue weighted by Gasteiger charge is -2.00. The highest BCUT2D eigenvalue weighted by Crippen LogP contribution is 2.41. The highest BCUT2D eigenvalue weighted by Gasteiger charge is 2.42. The first-order valence-electron chi connectivity index (χ1n) is 4.61. The number of hydrogen-bond acceptors (Lipinski definition) is 2. The van der Waals surface area contributed by atoms with Gasteiger partial charge in [0.25, 0.3) is 0 Å². The van der Waals surface area contributed by atoms with Gasteiger partial charge < -0.3 is 10.1 Å². The van der Waals surface area contributed by atoms with E-state index in [1.807, 2.05) is 28.9 Å². The molecule has 14 heavy (non-hydrogen) atoms. The van der Waals surface area contributed by atoms with Gasteiger partial charge in [-0.3, -0.25) is 0 Å². The van der Waals surface area contributed by atoms with Crippen molar-refractivity contribution in [2.75, 3.05) is 0 Å². The molecule has 0 aromatic carbocycles. The van der Waals surface area contributed by atoms with Crippen LogP contribution in [-0.2, 0) is 5.54 Å². The molecule has 2 aromatic rings. The smallest absolute Gasteiger partial charge is 0.137 e. The number of nitrogens with two attached hydrogens (primary N) is 1. The molecule has 2 heterocycles. The van der Waals surface area contributed by atoms with Crippen molar-refractivity contribution in [3.8, 4) is 0 Å². The molecule has 0 bridgehead atoms. The van der Waals surface area contributed by atoms with Crippen LogP contribution < -0.4 is 5.73 Å². The molecule has 72 valence electrons. The molecule has 1 aliphatic rings.